The Morgan fingerprint density at radius 2 is 1.82 bits per heavy atom. The summed E-state index contributed by atoms with van der Waals surface area (Å²) in [4.78, 5) is 27.8. The van der Waals surface area contributed by atoms with Crippen LogP contribution in [-0.4, -0.2) is 37.6 Å². The normalized spacial score (nSPS) is 12.8. The van der Waals surface area contributed by atoms with Gasteiger partial charge in [0.05, 0.1) is 26.1 Å². The van der Waals surface area contributed by atoms with Crippen molar-refractivity contribution >= 4 is 17.5 Å². The van der Waals surface area contributed by atoms with Crippen molar-refractivity contribution in [3.8, 4) is 17.4 Å². The average molecular weight is 385 g/mol. The van der Waals surface area contributed by atoms with E-state index in [1.165, 1.54) is 6.20 Å². The zero-order valence-electron chi connectivity index (χ0n) is 15.9. The number of pyridine rings is 1. The van der Waals surface area contributed by atoms with E-state index in [0.717, 1.165) is 18.4 Å². The number of nitrogens with zero attached hydrogens (tertiary/aromatic N) is 1. The van der Waals surface area contributed by atoms with Crippen molar-refractivity contribution in [1.82, 2.24) is 10.3 Å². The van der Waals surface area contributed by atoms with E-state index in [1.54, 1.807) is 32.4 Å². The van der Waals surface area contributed by atoms with Gasteiger partial charge in [0, 0.05) is 24.6 Å². The molecule has 1 saturated carbocycles. The van der Waals surface area contributed by atoms with Gasteiger partial charge in [-0.25, -0.2) is 4.98 Å². The number of rotatable bonds is 9. The van der Waals surface area contributed by atoms with Crippen molar-refractivity contribution in [3.05, 3.63) is 42.1 Å². The Bertz CT molecular complexity index is 812. The van der Waals surface area contributed by atoms with Gasteiger partial charge in [-0.05, 0) is 36.6 Å². The SMILES string of the molecule is COc1cc(CNC(=O)COc2ccc(NC(=O)C3CC3)cn2)cc(OC)c1. The summed E-state index contributed by atoms with van der Waals surface area (Å²) < 4.78 is 15.8. The summed E-state index contributed by atoms with van der Waals surface area (Å²) in [5, 5.41) is 5.57. The molecule has 1 aliphatic carbocycles. The molecule has 0 radical (unpaired) electrons. The van der Waals surface area contributed by atoms with E-state index in [2.05, 4.69) is 15.6 Å². The van der Waals surface area contributed by atoms with Crippen molar-refractivity contribution in [2.45, 2.75) is 19.4 Å². The quantitative estimate of drug-likeness (QED) is 0.686. The lowest BCUT2D eigenvalue weighted by molar-refractivity contribution is -0.123. The molecule has 8 heteroatoms. The molecule has 2 N–H and O–H groups in total. The van der Waals surface area contributed by atoms with Gasteiger partial charge in [0.2, 0.25) is 11.8 Å². The molecule has 28 heavy (non-hydrogen) atoms. The van der Waals surface area contributed by atoms with Crippen LogP contribution in [0.4, 0.5) is 5.69 Å². The first-order valence-corrected chi connectivity index (χ1v) is 8.95. The second kappa shape index (κ2) is 9.07. The van der Waals surface area contributed by atoms with E-state index < -0.39 is 0 Å². The summed E-state index contributed by atoms with van der Waals surface area (Å²) in [6, 6.07) is 8.71. The average Bonchev–Trinajstić information content (AvgIpc) is 3.57. The summed E-state index contributed by atoms with van der Waals surface area (Å²) in [6.07, 6.45) is 3.40. The Balaban J connectivity index is 1.44. The molecule has 0 spiro atoms. The van der Waals surface area contributed by atoms with Crippen molar-refractivity contribution < 1.29 is 23.8 Å². The van der Waals surface area contributed by atoms with Gasteiger partial charge in [-0.1, -0.05) is 0 Å². The Labute approximate surface area is 163 Å². The van der Waals surface area contributed by atoms with Crippen LogP contribution < -0.4 is 24.8 Å². The van der Waals surface area contributed by atoms with Crippen molar-refractivity contribution in [2.24, 2.45) is 5.92 Å². The number of anilines is 1. The minimum atomic E-state index is -0.283. The number of carbonyl (C=O) groups excluding carboxylic acids is 2. The summed E-state index contributed by atoms with van der Waals surface area (Å²) in [7, 11) is 3.14. The first kappa shape index (κ1) is 19.5. The van der Waals surface area contributed by atoms with Gasteiger partial charge in [0.15, 0.2) is 6.61 Å². The molecule has 2 amide bonds. The molecule has 3 rings (SSSR count). The summed E-state index contributed by atoms with van der Waals surface area (Å²) in [5.74, 6) is 1.47. The molecule has 148 valence electrons. The Morgan fingerprint density at radius 3 is 2.39 bits per heavy atom. The third-order valence-electron chi connectivity index (χ3n) is 4.20. The van der Waals surface area contributed by atoms with Gasteiger partial charge in [-0.15, -0.1) is 0 Å². The predicted octanol–water partition coefficient (Wildman–Crippen LogP) is 2.14. The number of aromatic nitrogens is 1. The highest BCUT2D eigenvalue weighted by molar-refractivity contribution is 5.93. The maximum absolute atomic E-state index is 12.0. The molecule has 2 aromatic rings. The van der Waals surface area contributed by atoms with E-state index >= 15 is 0 Å². The highest BCUT2D eigenvalue weighted by atomic mass is 16.5. The largest absolute Gasteiger partial charge is 0.497 e. The standard InChI is InChI=1S/C20H23N3O5/c1-26-16-7-13(8-17(9-16)27-2)10-21-18(24)12-28-19-6-5-15(11-22-19)23-20(25)14-3-4-14/h5-9,11,14H,3-4,10,12H2,1-2H3,(H,21,24)(H,23,25). The van der Waals surface area contributed by atoms with Gasteiger partial charge >= 0.3 is 0 Å². The van der Waals surface area contributed by atoms with Crippen molar-refractivity contribution in [1.29, 1.82) is 0 Å². The zero-order valence-corrected chi connectivity index (χ0v) is 15.9. The fourth-order valence-electron chi connectivity index (χ4n) is 2.49. The molecule has 1 aromatic heterocycles. The van der Waals surface area contributed by atoms with E-state index in [-0.39, 0.29) is 24.3 Å². The molecule has 0 aliphatic heterocycles. The van der Waals surface area contributed by atoms with Crippen LogP contribution in [0.15, 0.2) is 36.5 Å². The summed E-state index contributed by atoms with van der Waals surface area (Å²) in [6.45, 7) is 0.150. The van der Waals surface area contributed by atoms with Gasteiger partial charge in [-0.3, -0.25) is 9.59 Å². The Hall–Kier alpha value is -3.29. The van der Waals surface area contributed by atoms with Crippen LogP contribution in [0, 0.1) is 5.92 Å². The molecule has 1 aliphatic rings. The number of amides is 2. The molecule has 0 bridgehead atoms. The number of hydrogen-bond acceptors (Lipinski definition) is 6. The number of benzene rings is 1. The second-order valence-corrected chi connectivity index (χ2v) is 6.43. The van der Waals surface area contributed by atoms with Gasteiger partial charge in [0.25, 0.3) is 5.91 Å². The third-order valence-corrected chi connectivity index (χ3v) is 4.20. The highest BCUT2D eigenvalue weighted by Gasteiger charge is 2.29. The molecule has 1 fully saturated rings. The number of methoxy groups -OCH3 is 2. The number of ether oxygens (including phenoxy) is 3. The van der Waals surface area contributed by atoms with Gasteiger partial charge in [-0.2, -0.15) is 0 Å². The smallest absolute Gasteiger partial charge is 0.258 e. The first-order chi connectivity index (χ1) is 13.6. The number of nitrogens with one attached hydrogen (secondary N) is 2. The van der Waals surface area contributed by atoms with E-state index in [4.69, 9.17) is 14.2 Å². The fourth-order valence-corrected chi connectivity index (χ4v) is 2.49. The van der Waals surface area contributed by atoms with Crippen molar-refractivity contribution in [2.75, 3.05) is 26.1 Å². The van der Waals surface area contributed by atoms with E-state index in [1.807, 2.05) is 12.1 Å². The number of carbonyl (C=O) groups is 2. The van der Waals surface area contributed by atoms with Crippen LogP contribution in [0.25, 0.3) is 0 Å². The topological polar surface area (TPSA) is 98.8 Å². The summed E-state index contributed by atoms with van der Waals surface area (Å²) >= 11 is 0. The fraction of sp³-hybridized carbons (Fsp3) is 0.350. The van der Waals surface area contributed by atoms with Crippen LogP contribution in [0.5, 0.6) is 17.4 Å². The molecular weight excluding hydrogens is 362 g/mol. The molecule has 0 unspecified atom stereocenters. The van der Waals surface area contributed by atoms with Gasteiger partial charge < -0.3 is 24.8 Å². The minimum absolute atomic E-state index is 0.0176. The molecule has 1 aromatic carbocycles. The molecule has 0 saturated heterocycles. The summed E-state index contributed by atoms with van der Waals surface area (Å²) in [5.41, 5.74) is 1.46. The molecule has 1 heterocycles. The maximum Gasteiger partial charge on any atom is 0.258 e. The van der Waals surface area contributed by atoms with Crippen molar-refractivity contribution in [3.63, 3.8) is 0 Å². The van der Waals surface area contributed by atoms with Crippen LogP contribution in [0.1, 0.15) is 18.4 Å². The lowest BCUT2D eigenvalue weighted by Crippen LogP contribution is -2.28. The van der Waals surface area contributed by atoms with E-state index in [0.29, 0.717) is 29.6 Å². The number of hydrogen-bond donors (Lipinski definition) is 2. The molecule has 8 nitrogen and oxygen atoms in total. The molecule has 0 atom stereocenters. The van der Waals surface area contributed by atoms with Gasteiger partial charge in [0.1, 0.15) is 11.5 Å². The lowest BCUT2D eigenvalue weighted by atomic mass is 10.2. The van der Waals surface area contributed by atoms with E-state index in [9.17, 15) is 9.59 Å². The third kappa shape index (κ3) is 5.60. The monoisotopic (exact) mass is 385 g/mol. The zero-order chi connectivity index (χ0) is 19.9. The second-order valence-electron chi connectivity index (χ2n) is 6.43. The van der Waals surface area contributed by atoms with Crippen LogP contribution in [0.2, 0.25) is 0 Å². The molecular formula is C20H23N3O5. The Kier molecular flexibility index (Phi) is 6.31. The lowest BCUT2D eigenvalue weighted by Gasteiger charge is -2.10. The van der Waals surface area contributed by atoms with Crippen LogP contribution in [-0.2, 0) is 16.1 Å². The predicted molar refractivity (Wildman–Crippen MR) is 102 cm³/mol. The first-order valence-electron chi connectivity index (χ1n) is 8.95. The highest BCUT2D eigenvalue weighted by Crippen LogP contribution is 2.30. The minimum Gasteiger partial charge on any atom is -0.497 e. The van der Waals surface area contributed by atoms with Crippen LogP contribution >= 0.6 is 0 Å². The Morgan fingerprint density at radius 1 is 1.11 bits per heavy atom. The maximum atomic E-state index is 12.0. The van der Waals surface area contributed by atoms with Crippen LogP contribution in [0.3, 0.4) is 0 Å².